The highest BCUT2D eigenvalue weighted by molar-refractivity contribution is 8.13. The van der Waals surface area contributed by atoms with E-state index in [2.05, 4.69) is 6.58 Å². The van der Waals surface area contributed by atoms with Crippen LogP contribution in [0.15, 0.2) is 47.9 Å². The van der Waals surface area contributed by atoms with Crippen LogP contribution in [-0.4, -0.2) is 11.9 Å². The lowest BCUT2D eigenvalue weighted by atomic mass is 10.4. The second-order valence-electron chi connectivity index (χ2n) is 2.26. The first kappa shape index (κ1) is 9.86. The summed E-state index contributed by atoms with van der Waals surface area (Å²) in [4.78, 5) is 12.0. The average molecular weight is 194 g/mol. The van der Waals surface area contributed by atoms with E-state index in [1.54, 1.807) is 6.08 Å². The standard InChI is InChI=1S/C10H10O2S/c1-2-8-12-10(11)13-9-6-4-3-5-7-9/h2-7H,1,8H2. The molecule has 1 aromatic rings. The molecule has 0 aliphatic heterocycles. The van der Waals surface area contributed by atoms with Crippen LogP contribution in [-0.2, 0) is 4.74 Å². The molecule has 0 aliphatic carbocycles. The van der Waals surface area contributed by atoms with Crippen LogP contribution in [0.1, 0.15) is 0 Å². The van der Waals surface area contributed by atoms with E-state index in [1.165, 1.54) is 0 Å². The van der Waals surface area contributed by atoms with Gasteiger partial charge in [0.05, 0.1) is 0 Å². The summed E-state index contributed by atoms with van der Waals surface area (Å²) in [5, 5.41) is -0.300. The minimum Gasteiger partial charge on any atom is -0.453 e. The summed E-state index contributed by atoms with van der Waals surface area (Å²) in [5.41, 5.74) is 0. The summed E-state index contributed by atoms with van der Waals surface area (Å²) in [5.74, 6) is 0. The van der Waals surface area contributed by atoms with Gasteiger partial charge in [0.15, 0.2) is 0 Å². The van der Waals surface area contributed by atoms with E-state index in [-0.39, 0.29) is 11.9 Å². The summed E-state index contributed by atoms with van der Waals surface area (Å²) >= 11 is 1.07. The molecule has 0 saturated carbocycles. The Bertz CT molecular complexity index is 282. The van der Waals surface area contributed by atoms with Gasteiger partial charge < -0.3 is 4.74 Å². The second kappa shape index (κ2) is 5.43. The van der Waals surface area contributed by atoms with Gasteiger partial charge in [-0.2, -0.15) is 0 Å². The summed E-state index contributed by atoms with van der Waals surface area (Å²) in [6.45, 7) is 3.72. The van der Waals surface area contributed by atoms with Gasteiger partial charge in [0.2, 0.25) is 0 Å². The Morgan fingerprint density at radius 3 is 2.77 bits per heavy atom. The summed E-state index contributed by atoms with van der Waals surface area (Å²) in [6, 6.07) is 9.38. The predicted octanol–water partition coefficient (Wildman–Crippen LogP) is 3.10. The van der Waals surface area contributed by atoms with Gasteiger partial charge in [0.25, 0.3) is 0 Å². The van der Waals surface area contributed by atoms with E-state index in [4.69, 9.17) is 4.74 Å². The third-order valence-electron chi connectivity index (χ3n) is 1.26. The van der Waals surface area contributed by atoms with Gasteiger partial charge in [-0.3, -0.25) is 0 Å². The number of ether oxygens (including phenoxy) is 1. The van der Waals surface area contributed by atoms with Crippen LogP contribution >= 0.6 is 11.8 Å². The van der Waals surface area contributed by atoms with E-state index < -0.39 is 0 Å². The lowest BCUT2D eigenvalue weighted by Crippen LogP contribution is -1.96. The monoisotopic (exact) mass is 194 g/mol. The number of hydrogen-bond acceptors (Lipinski definition) is 3. The molecule has 0 aliphatic rings. The van der Waals surface area contributed by atoms with Gasteiger partial charge >= 0.3 is 5.30 Å². The molecule has 3 heteroatoms. The molecule has 0 N–H and O–H groups in total. The number of benzene rings is 1. The zero-order chi connectivity index (χ0) is 9.52. The summed E-state index contributed by atoms with van der Waals surface area (Å²) in [7, 11) is 0. The summed E-state index contributed by atoms with van der Waals surface area (Å²) < 4.78 is 4.80. The minimum absolute atomic E-state index is 0.263. The molecule has 0 aromatic heterocycles. The molecule has 0 heterocycles. The maximum absolute atomic E-state index is 11.1. The van der Waals surface area contributed by atoms with Crippen molar-refractivity contribution in [2.45, 2.75) is 4.90 Å². The second-order valence-corrected chi connectivity index (χ2v) is 3.27. The van der Waals surface area contributed by atoms with E-state index in [0.717, 1.165) is 16.7 Å². The molecule has 1 aromatic carbocycles. The van der Waals surface area contributed by atoms with E-state index >= 15 is 0 Å². The normalized spacial score (nSPS) is 9.23. The van der Waals surface area contributed by atoms with Crippen LogP contribution in [0.2, 0.25) is 0 Å². The fraction of sp³-hybridized carbons (Fsp3) is 0.100. The zero-order valence-electron chi connectivity index (χ0n) is 7.10. The molecule has 0 spiro atoms. The van der Waals surface area contributed by atoms with Crippen LogP contribution in [0, 0.1) is 0 Å². The Morgan fingerprint density at radius 2 is 2.15 bits per heavy atom. The third kappa shape index (κ3) is 3.80. The van der Waals surface area contributed by atoms with Crippen LogP contribution in [0.5, 0.6) is 0 Å². The van der Waals surface area contributed by atoms with Crippen molar-refractivity contribution in [3.05, 3.63) is 43.0 Å². The highest BCUT2D eigenvalue weighted by Crippen LogP contribution is 2.18. The van der Waals surface area contributed by atoms with E-state index in [9.17, 15) is 4.79 Å². The Labute approximate surface area is 81.6 Å². The van der Waals surface area contributed by atoms with Crippen LogP contribution < -0.4 is 0 Å². The lowest BCUT2D eigenvalue weighted by molar-refractivity contribution is 0.188. The van der Waals surface area contributed by atoms with Gasteiger partial charge in [-0.25, -0.2) is 4.79 Å². The predicted molar refractivity (Wildman–Crippen MR) is 53.8 cm³/mol. The molecule has 0 saturated heterocycles. The van der Waals surface area contributed by atoms with E-state index in [1.807, 2.05) is 30.3 Å². The number of rotatable bonds is 3. The van der Waals surface area contributed by atoms with Crippen molar-refractivity contribution in [1.82, 2.24) is 0 Å². The lowest BCUT2D eigenvalue weighted by Gasteiger charge is -1.99. The Hall–Kier alpha value is -1.22. The number of carbonyl (C=O) groups excluding carboxylic acids is 1. The molecule has 13 heavy (non-hydrogen) atoms. The zero-order valence-corrected chi connectivity index (χ0v) is 7.92. The largest absolute Gasteiger partial charge is 0.453 e. The molecule has 0 amide bonds. The van der Waals surface area contributed by atoms with Crippen molar-refractivity contribution in [2.24, 2.45) is 0 Å². The van der Waals surface area contributed by atoms with Crippen LogP contribution in [0.3, 0.4) is 0 Å². The van der Waals surface area contributed by atoms with Gasteiger partial charge in [0.1, 0.15) is 6.61 Å². The Kier molecular flexibility index (Phi) is 4.12. The summed E-state index contributed by atoms with van der Waals surface area (Å²) in [6.07, 6.45) is 1.55. The molecular weight excluding hydrogens is 184 g/mol. The van der Waals surface area contributed by atoms with Gasteiger partial charge in [-0.15, -0.1) is 0 Å². The molecule has 0 radical (unpaired) electrons. The quantitative estimate of drug-likeness (QED) is 0.420. The molecular formula is C10H10O2S. The molecule has 0 atom stereocenters. The van der Waals surface area contributed by atoms with Crippen molar-refractivity contribution < 1.29 is 9.53 Å². The van der Waals surface area contributed by atoms with Gasteiger partial charge in [-0.05, 0) is 23.9 Å². The SMILES string of the molecule is C=CCOC(=O)Sc1ccccc1. The minimum atomic E-state index is -0.300. The van der Waals surface area contributed by atoms with Crippen molar-refractivity contribution in [3.63, 3.8) is 0 Å². The molecule has 2 nitrogen and oxygen atoms in total. The van der Waals surface area contributed by atoms with E-state index in [0.29, 0.717) is 0 Å². The van der Waals surface area contributed by atoms with Crippen molar-refractivity contribution in [2.75, 3.05) is 6.61 Å². The van der Waals surface area contributed by atoms with Crippen LogP contribution in [0.4, 0.5) is 4.79 Å². The molecule has 0 bridgehead atoms. The maximum Gasteiger partial charge on any atom is 0.372 e. The third-order valence-corrected chi connectivity index (χ3v) is 2.06. The first-order valence-corrected chi connectivity index (χ1v) is 4.65. The van der Waals surface area contributed by atoms with Gasteiger partial charge in [0, 0.05) is 4.90 Å². The van der Waals surface area contributed by atoms with Crippen LogP contribution in [0.25, 0.3) is 0 Å². The highest BCUT2D eigenvalue weighted by Gasteiger charge is 2.03. The number of hydrogen-bond donors (Lipinski definition) is 0. The fourth-order valence-corrected chi connectivity index (χ4v) is 1.35. The smallest absolute Gasteiger partial charge is 0.372 e. The first-order valence-electron chi connectivity index (χ1n) is 3.83. The molecule has 68 valence electrons. The topological polar surface area (TPSA) is 26.3 Å². The molecule has 1 rings (SSSR count). The Morgan fingerprint density at radius 1 is 1.46 bits per heavy atom. The van der Waals surface area contributed by atoms with Gasteiger partial charge in [-0.1, -0.05) is 30.9 Å². The molecule has 0 fully saturated rings. The maximum atomic E-state index is 11.1. The fourth-order valence-electron chi connectivity index (χ4n) is 0.741. The average Bonchev–Trinajstić information content (AvgIpc) is 2.16. The van der Waals surface area contributed by atoms with Crippen molar-refractivity contribution in [3.8, 4) is 0 Å². The number of carbonyl (C=O) groups is 1. The van der Waals surface area contributed by atoms with Crippen molar-refractivity contribution in [1.29, 1.82) is 0 Å². The van der Waals surface area contributed by atoms with Crippen molar-refractivity contribution >= 4 is 17.1 Å². The highest BCUT2D eigenvalue weighted by atomic mass is 32.2. The molecule has 0 unspecified atom stereocenters. The number of thioether (sulfide) groups is 1. The Balaban J connectivity index is 2.41. The first-order chi connectivity index (χ1) is 6.33.